The summed E-state index contributed by atoms with van der Waals surface area (Å²) in [7, 11) is 6.48. The van der Waals surface area contributed by atoms with Gasteiger partial charge < -0.3 is 15.1 Å². The first-order valence-corrected chi connectivity index (χ1v) is 8.07. The smallest absolute Gasteiger partial charge is 0.0348 e. The van der Waals surface area contributed by atoms with Gasteiger partial charge in [0.2, 0.25) is 0 Å². The lowest BCUT2D eigenvalue weighted by Gasteiger charge is -2.40. The summed E-state index contributed by atoms with van der Waals surface area (Å²) in [4.78, 5) is 4.69. The molecule has 1 aromatic carbocycles. The maximum Gasteiger partial charge on any atom is 0.0348 e. The summed E-state index contributed by atoms with van der Waals surface area (Å²) in [6, 6.07) is 8.10. The number of hydrogen-bond donors (Lipinski definition) is 1. The Morgan fingerprint density at radius 3 is 2.62 bits per heavy atom. The summed E-state index contributed by atoms with van der Waals surface area (Å²) in [5.41, 5.74) is 4.00. The number of piperidine rings is 1. The Morgan fingerprint density at radius 1 is 1.24 bits per heavy atom. The van der Waals surface area contributed by atoms with Gasteiger partial charge in [0.25, 0.3) is 0 Å². The number of aryl methyl sites for hydroxylation is 1. The summed E-state index contributed by atoms with van der Waals surface area (Å²) in [5.74, 6) is 0.684. The average Bonchev–Trinajstić information content (AvgIpc) is 2.34. The van der Waals surface area contributed by atoms with Crippen LogP contribution in [0.3, 0.4) is 0 Å². The number of likely N-dealkylation sites (tertiary alicyclic amines) is 1. The minimum Gasteiger partial charge on any atom is -0.382 e. The van der Waals surface area contributed by atoms with Crippen LogP contribution < -0.4 is 5.32 Å². The van der Waals surface area contributed by atoms with Gasteiger partial charge in [-0.05, 0) is 70.6 Å². The molecular weight excluding hydrogens is 258 g/mol. The average molecular weight is 289 g/mol. The largest absolute Gasteiger partial charge is 0.382 e. The molecule has 0 amide bonds. The minimum absolute atomic E-state index is 0.574. The molecule has 1 aliphatic heterocycles. The van der Waals surface area contributed by atoms with Gasteiger partial charge in [0.05, 0.1) is 0 Å². The maximum absolute atomic E-state index is 3.79. The highest BCUT2D eigenvalue weighted by Crippen LogP contribution is 2.25. The van der Waals surface area contributed by atoms with Gasteiger partial charge in [-0.3, -0.25) is 0 Å². The van der Waals surface area contributed by atoms with E-state index in [1.54, 1.807) is 0 Å². The molecule has 0 unspecified atom stereocenters. The van der Waals surface area contributed by atoms with Crippen LogP contribution in [-0.4, -0.2) is 49.6 Å². The molecule has 3 atom stereocenters. The quantitative estimate of drug-likeness (QED) is 0.918. The molecular formula is C18H31N3. The Kier molecular flexibility index (Phi) is 5.28. The van der Waals surface area contributed by atoms with E-state index < -0.39 is 0 Å². The first-order chi connectivity index (χ1) is 9.85. The van der Waals surface area contributed by atoms with Crippen molar-refractivity contribution in [3.05, 3.63) is 29.3 Å². The molecule has 1 heterocycles. The fourth-order valence-electron chi connectivity index (χ4n) is 3.36. The lowest BCUT2D eigenvalue weighted by Crippen LogP contribution is -2.48. The van der Waals surface area contributed by atoms with Crippen LogP contribution in [0.1, 0.15) is 31.4 Å². The monoisotopic (exact) mass is 289 g/mol. The Hall–Kier alpha value is -1.06. The summed E-state index contributed by atoms with van der Waals surface area (Å²) in [5, 5.41) is 3.79. The third-order valence-corrected chi connectivity index (χ3v) is 4.60. The fourth-order valence-corrected chi connectivity index (χ4v) is 3.36. The molecule has 3 heteroatoms. The molecule has 1 fully saturated rings. The van der Waals surface area contributed by atoms with Crippen molar-refractivity contribution in [2.75, 3.05) is 33.0 Å². The van der Waals surface area contributed by atoms with Gasteiger partial charge in [0, 0.05) is 30.9 Å². The molecule has 0 radical (unpaired) electrons. The molecule has 0 spiro atoms. The second-order valence-corrected chi connectivity index (χ2v) is 7.20. The molecule has 118 valence electrons. The van der Waals surface area contributed by atoms with E-state index in [9.17, 15) is 0 Å². The Balaban J connectivity index is 2.10. The number of benzene rings is 1. The van der Waals surface area contributed by atoms with Gasteiger partial charge in [-0.1, -0.05) is 13.0 Å². The summed E-state index contributed by atoms with van der Waals surface area (Å²) in [6.07, 6.45) is 1.22. The molecule has 1 aliphatic rings. The zero-order valence-electron chi connectivity index (χ0n) is 14.5. The standard InChI is InChI=1S/C18H31N3/c1-13-7-16(12-20(4)5)10-17(8-13)19-18-9-15(3)21(6)11-14(18)2/h7-8,10,14-15,18-19H,9,11-12H2,1-6H3/t14-,15-,18+/m0/s1. The van der Waals surface area contributed by atoms with Gasteiger partial charge in [-0.2, -0.15) is 0 Å². The van der Waals surface area contributed by atoms with Gasteiger partial charge in [0.15, 0.2) is 0 Å². The molecule has 0 aromatic heterocycles. The number of rotatable bonds is 4. The molecule has 2 rings (SSSR count). The fraction of sp³-hybridized carbons (Fsp3) is 0.667. The first kappa shape index (κ1) is 16.3. The highest BCUT2D eigenvalue weighted by molar-refractivity contribution is 5.49. The van der Waals surface area contributed by atoms with Crippen LogP contribution in [0, 0.1) is 12.8 Å². The molecule has 0 bridgehead atoms. The highest BCUT2D eigenvalue weighted by atomic mass is 15.2. The second-order valence-electron chi connectivity index (χ2n) is 7.20. The summed E-state index contributed by atoms with van der Waals surface area (Å²) < 4.78 is 0. The maximum atomic E-state index is 3.79. The molecule has 1 saturated heterocycles. The SMILES string of the molecule is Cc1cc(CN(C)C)cc(N[C@@H]2C[C@H](C)N(C)C[C@@H]2C)c1. The molecule has 0 aliphatic carbocycles. The predicted octanol–water partition coefficient (Wildman–Crippen LogP) is 3.20. The van der Waals surface area contributed by atoms with Crippen molar-refractivity contribution >= 4 is 5.69 Å². The van der Waals surface area contributed by atoms with Crippen molar-refractivity contribution in [3.8, 4) is 0 Å². The van der Waals surface area contributed by atoms with Crippen molar-refractivity contribution in [1.29, 1.82) is 0 Å². The van der Waals surface area contributed by atoms with E-state index in [-0.39, 0.29) is 0 Å². The van der Waals surface area contributed by atoms with E-state index >= 15 is 0 Å². The minimum atomic E-state index is 0.574. The van der Waals surface area contributed by atoms with E-state index in [1.165, 1.54) is 29.8 Å². The first-order valence-electron chi connectivity index (χ1n) is 8.07. The molecule has 1 aromatic rings. The summed E-state index contributed by atoms with van der Waals surface area (Å²) >= 11 is 0. The molecule has 3 nitrogen and oxygen atoms in total. The van der Waals surface area contributed by atoms with E-state index in [0.29, 0.717) is 18.0 Å². The number of hydrogen-bond acceptors (Lipinski definition) is 3. The third kappa shape index (κ3) is 4.45. The zero-order valence-corrected chi connectivity index (χ0v) is 14.5. The lowest BCUT2D eigenvalue weighted by molar-refractivity contribution is 0.145. The lowest BCUT2D eigenvalue weighted by atomic mass is 9.89. The van der Waals surface area contributed by atoms with Crippen LogP contribution in [0.5, 0.6) is 0 Å². The van der Waals surface area contributed by atoms with Crippen LogP contribution in [-0.2, 0) is 6.54 Å². The Morgan fingerprint density at radius 2 is 1.95 bits per heavy atom. The van der Waals surface area contributed by atoms with Crippen LogP contribution in [0.4, 0.5) is 5.69 Å². The topological polar surface area (TPSA) is 18.5 Å². The third-order valence-electron chi connectivity index (χ3n) is 4.60. The van der Waals surface area contributed by atoms with Crippen molar-refractivity contribution in [2.45, 2.75) is 45.8 Å². The van der Waals surface area contributed by atoms with E-state index in [4.69, 9.17) is 0 Å². The van der Waals surface area contributed by atoms with Gasteiger partial charge in [-0.15, -0.1) is 0 Å². The Labute approximate surface area is 130 Å². The molecule has 0 saturated carbocycles. The molecule has 1 N–H and O–H groups in total. The van der Waals surface area contributed by atoms with E-state index in [0.717, 1.165) is 6.54 Å². The van der Waals surface area contributed by atoms with E-state index in [2.05, 4.69) is 75.2 Å². The summed E-state index contributed by atoms with van der Waals surface area (Å²) in [6.45, 7) is 9.04. The number of nitrogens with zero attached hydrogens (tertiary/aromatic N) is 2. The number of anilines is 1. The van der Waals surface area contributed by atoms with Gasteiger partial charge >= 0.3 is 0 Å². The number of nitrogens with one attached hydrogen (secondary N) is 1. The predicted molar refractivity (Wildman–Crippen MR) is 91.9 cm³/mol. The highest BCUT2D eigenvalue weighted by Gasteiger charge is 2.28. The Bertz CT molecular complexity index is 470. The molecule has 21 heavy (non-hydrogen) atoms. The van der Waals surface area contributed by atoms with Gasteiger partial charge in [0.1, 0.15) is 0 Å². The van der Waals surface area contributed by atoms with Crippen molar-refractivity contribution < 1.29 is 0 Å². The van der Waals surface area contributed by atoms with Crippen molar-refractivity contribution in [3.63, 3.8) is 0 Å². The zero-order chi connectivity index (χ0) is 15.6. The van der Waals surface area contributed by atoms with E-state index in [1.807, 2.05) is 0 Å². The van der Waals surface area contributed by atoms with Crippen molar-refractivity contribution in [2.24, 2.45) is 5.92 Å². The van der Waals surface area contributed by atoms with Crippen LogP contribution in [0.15, 0.2) is 18.2 Å². The van der Waals surface area contributed by atoms with Crippen LogP contribution in [0.2, 0.25) is 0 Å². The van der Waals surface area contributed by atoms with Gasteiger partial charge in [-0.25, -0.2) is 0 Å². The van der Waals surface area contributed by atoms with Crippen molar-refractivity contribution in [1.82, 2.24) is 9.80 Å². The van der Waals surface area contributed by atoms with Crippen LogP contribution in [0.25, 0.3) is 0 Å². The normalized spacial score (nSPS) is 27.1. The van der Waals surface area contributed by atoms with Crippen LogP contribution >= 0.6 is 0 Å². The second kappa shape index (κ2) is 6.80.